The molecule has 0 aromatic heterocycles. The highest BCUT2D eigenvalue weighted by molar-refractivity contribution is 7.89. The Hall–Kier alpha value is -0.170. The lowest BCUT2D eigenvalue weighted by Crippen LogP contribution is -2.30. The molecule has 0 aliphatic rings. The predicted octanol–water partition coefficient (Wildman–Crippen LogP) is 0.636. The third-order valence-electron chi connectivity index (χ3n) is 2.50. The van der Waals surface area contributed by atoms with E-state index in [1.165, 1.54) is 0 Å². The van der Waals surface area contributed by atoms with E-state index >= 15 is 0 Å². The van der Waals surface area contributed by atoms with Gasteiger partial charge in [-0.2, -0.15) is 0 Å². The molecule has 0 unspecified atom stereocenters. The van der Waals surface area contributed by atoms with Crippen molar-refractivity contribution in [3.63, 3.8) is 0 Å². The average molecular weight is 279 g/mol. The van der Waals surface area contributed by atoms with Gasteiger partial charge in [0, 0.05) is 12.6 Å². The number of hydrogen-bond donors (Lipinski definition) is 2. The summed E-state index contributed by atoms with van der Waals surface area (Å²) in [4.78, 5) is 2.05. The number of hydrogen-bond acceptors (Lipinski definition) is 4. The Balaban J connectivity index is 3.55. The maximum atomic E-state index is 11.6. The quantitative estimate of drug-likeness (QED) is 0.545. The lowest BCUT2D eigenvalue weighted by molar-refractivity contribution is 0.400. The van der Waals surface area contributed by atoms with E-state index in [0.29, 0.717) is 19.0 Å². The van der Waals surface area contributed by atoms with E-state index in [1.807, 2.05) is 19.0 Å². The van der Waals surface area contributed by atoms with Crippen molar-refractivity contribution in [1.82, 2.24) is 14.9 Å². The van der Waals surface area contributed by atoms with Crippen LogP contribution < -0.4 is 10.0 Å². The molecule has 0 bridgehead atoms. The molecule has 0 radical (unpaired) electrons. The lowest BCUT2D eigenvalue weighted by atomic mass is 10.3. The van der Waals surface area contributed by atoms with E-state index in [2.05, 4.69) is 23.9 Å². The van der Waals surface area contributed by atoms with Gasteiger partial charge in [0.15, 0.2) is 0 Å². The Morgan fingerprint density at radius 2 is 1.72 bits per heavy atom. The van der Waals surface area contributed by atoms with E-state index in [-0.39, 0.29) is 5.75 Å². The Morgan fingerprint density at radius 3 is 2.28 bits per heavy atom. The lowest BCUT2D eigenvalue weighted by Gasteiger charge is -2.11. The summed E-state index contributed by atoms with van der Waals surface area (Å²) >= 11 is 0. The van der Waals surface area contributed by atoms with Crippen molar-refractivity contribution >= 4 is 10.0 Å². The van der Waals surface area contributed by atoms with Gasteiger partial charge in [0.1, 0.15) is 0 Å². The molecule has 0 aliphatic heterocycles. The van der Waals surface area contributed by atoms with Crippen LogP contribution in [0.1, 0.15) is 33.1 Å². The average Bonchev–Trinajstić information content (AvgIpc) is 2.23. The minimum Gasteiger partial charge on any atom is -0.315 e. The molecular formula is C12H29N3O2S. The van der Waals surface area contributed by atoms with Gasteiger partial charge in [-0.3, -0.25) is 0 Å². The van der Waals surface area contributed by atoms with Gasteiger partial charge in [-0.15, -0.1) is 0 Å². The zero-order valence-electron chi connectivity index (χ0n) is 12.2. The largest absolute Gasteiger partial charge is 0.315 e. The molecule has 0 amide bonds. The van der Waals surface area contributed by atoms with Crippen molar-refractivity contribution in [3.05, 3.63) is 0 Å². The molecule has 0 aromatic rings. The van der Waals surface area contributed by atoms with Gasteiger partial charge in [0.05, 0.1) is 5.75 Å². The van der Waals surface area contributed by atoms with Crippen molar-refractivity contribution in [2.45, 2.75) is 39.2 Å². The first-order valence-corrected chi connectivity index (χ1v) is 8.34. The number of rotatable bonds is 11. The van der Waals surface area contributed by atoms with Crippen LogP contribution in [-0.2, 0) is 10.0 Å². The number of unbranched alkanes of at least 4 members (excludes halogenated alkanes) is 1. The Bertz CT molecular complexity index is 290. The molecule has 18 heavy (non-hydrogen) atoms. The Labute approximate surface area is 112 Å². The standard InChI is InChI=1S/C12H29N3O2S/c1-12(2)13-8-5-6-11-18(16,17)14-9-7-10-15(3)4/h12-14H,5-11H2,1-4H3. The van der Waals surface area contributed by atoms with E-state index in [1.54, 1.807) is 0 Å². The summed E-state index contributed by atoms with van der Waals surface area (Å²) in [6.45, 7) is 6.49. The molecule has 0 spiro atoms. The van der Waals surface area contributed by atoms with Crippen LogP contribution in [0.2, 0.25) is 0 Å². The number of nitrogens with one attached hydrogen (secondary N) is 2. The molecule has 0 aliphatic carbocycles. The van der Waals surface area contributed by atoms with Gasteiger partial charge in [0.25, 0.3) is 0 Å². The second kappa shape index (κ2) is 9.72. The van der Waals surface area contributed by atoms with Crippen molar-refractivity contribution in [2.24, 2.45) is 0 Å². The fraction of sp³-hybridized carbons (Fsp3) is 1.00. The van der Waals surface area contributed by atoms with Gasteiger partial charge in [-0.25, -0.2) is 13.1 Å². The van der Waals surface area contributed by atoms with Crippen LogP contribution in [0.4, 0.5) is 0 Å². The molecule has 0 atom stereocenters. The topological polar surface area (TPSA) is 61.4 Å². The molecule has 0 aromatic carbocycles. The number of sulfonamides is 1. The van der Waals surface area contributed by atoms with Crippen LogP contribution in [0.25, 0.3) is 0 Å². The molecule has 0 heterocycles. The van der Waals surface area contributed by atoms with Gasteiger partial charge < -0.3 is 10.2 Å². The number of nitrogens with zero attached hydrogens (tertiary/aromatic N) is 1. The normalized spacial score (nSPS) is 12.6. The molecule has 0 saturated heterocycles. The van der Waals surface area contributed by atoms with Crippen LogP contribution in [0.3, 0.4) is 0 Å². The van der Waals surface area contributed by atoms with Gasteiger partial charge in [0.2, 0.25) is 10.0 Å². The molecule has 0 rings (SSSR count). The Kier molecular flexibility index (Phi) is 9.63. The third-order valence-corrected chi connectivity index (χ3v) is 3.97. The van der Waals surface area contributed by atoms with Gasteiger partial charge >= 0.3 is 0 Å². The van der Waals surface area contributed by atoms with Gasteiger partial charge in [-0.1, -0.05) is 13.8 Å². The molecule has 110 valence electrons. The minimum absolute atomic E-state index is 0.231. The zero-order chi connectivity index (χ0) is 14.0. The summed E-state index contributed by atoms with van der Waals surface area (Å²) in [6, 6.07) is 0.464. The highest BCUT2D eigenvalue weighted by Crippen LogP contribution is 1.95. The molecule has 2 N–H and O–H groups in total. The maximum absolute atomic E-state index is 11.6. The van der Waals surface area contributed by atoms with E-state index < -0.39 is 10.0 Å². The van der Waals surface area contributed by atoms with Crippen LogP contribution in [0.5, 0.6) is 0 Å². The van der Waals surface area contributed by atoms with Crippen LogP contribution in [-0.4, -0.2) is 58.8 Å². The monoisotopic (exact) mass is 279 g/mol. The van der Waals surface area contributed by atoms with Crippen LogP contribution >= 0.6 is 0 Å². The first-order chi connectivity index (χ1) is 8.33. The van der Waals surface area contributed by atoms with Crippen LogP contribution in [0, 0.1) is 0 Å². The first-order valence-electron chi connectivity index (χ1n) is 6.69. The second-order valence-corrected chi connectivity index (χ2v) is 7.11. The summed E-state index contributed by atoms with van der Waals surface area (Å²) in [6.07, 6.45) is 2.46. The van der Waals surface area contributed by atoms with Crippen molar-refractivity contribution in [2.75, 3.05) is 39.5 Å². The molecule has 0 fully saturated rings. The minimum atomic E-state index is -3.08. The summed E-state index contributed by atoms with van der Waals surface area (Å²) in [5, 5.41) is 3.28. The highest BCUT2D eigenvalue weighted by atomic mass is 32.2. The van der Waals surface area contributed by atoms with Crippen LogP contribution in [0.15, 0.2) is 0 Å². The Morgan fingerprint density at radius 1 is 1.06 bits per heavy atom. The van der Waals surface area contributed by atoms with E-state index in [0.717, 1.165) is 25.9 Å². The highest BCUT2D eigenvalue weighted by Gasteiger charge is 2.08. The second-order valence-electron chi connectivity index (χ2n) is 5.19. The SMILES string of the molecule is CC(C)NCCCCS(=O)(=O)NCCCN(C)C. The van der Waals surface area contributed by atoms with Crippen molar-refractivity contribution in [1.29, 1.82) is 0 Å². The van der Waals surface area contributed by atoms with Gasteiger partial charge in [-0.05, 0) is 46.4 Å². The van der Waals surface area contributed by atoms with Crippen molar-refractivity contribution < 1.29 is 8.42 Å². The smallest absolute Gasteiger partial charge is 0.211 e. The maximum Gasteiger partial charge on any atom is 0.211 e. The first kappa shape index (κ1) is 17.8. The third kappa shape index (κ3) is 12.3. The van der Waals surface area contributed by atoms with E-state index in [9.17, 15) is 8.42 Å². The zero-order valence-corrected chi connectivity index (χ0v) is 13.0. The fourth-order valence-electron chi connectivity index (χ4n) is 1.50. The summed E-state index contributed by atoms with van der Waals surface area (Å²) < 4.78 is 25.9. The molecule has 0 saturated carbocycles. The summed E-state index contributed by atoms with van der Waals surface area (Å²) in [5.74, 6) is 0.231. The summed E-state index contributed by atoms with van der Waals surface area (Å²) in [7, 11) is 0.888. The molecule has 6 heteroatoms. The molecular weight excluding hydrogens is 250 g/mol. The predicted molar refractivity (Wildman–Crippen MR) is 77.3 cm³/mol. The fourth-order valence-corrected chi connectivity index (χ4v) is 2.69. The molecule has 5 nitrogen and oxygen atoms in total. The van der Waals surface area contributed by atoms with E-state index in [4.69, 9.17) is 0 Å². The summed E-state index contributed by atoms with van der Waals surface area (Å²) in [5.41, 5.74) is 0. The van der Waals surface area contributed by atoms with Crippen molar-refractivity contribution in [3.8, 4) is 0 Å².